The number of ether oxygens (including phenoxy) is 3. The summed E-state index contributed by atoms with van der Waals surface area (Å²) in [5, 5.41) is 0. The van der Waals surface area contributed by atoms with Gasteiger partial charge in [0, 0.05) is 37.0 Å². The second kappa shape index (κ2) is 6.73. The Hall–Kier alpha value is -1.60. The molecule has 1 aliphatic heterocycles. The predicted molar refractivity (Wildman–Crippen MR) is 96.1 cm³/mol. The quantitative estimate of drug-likeness (QED) is 0.411. The molecule has 0 aromatic carbocycles. The second-order valence-electron chi connectivity index (χ2n) is 8.84. The smallest absolute Gasteiger partial charge is 0.320 e. The summed E-state index contributed by atoms with van der Waals surface area (Å²) in [6.07, 6.45) is 3.72. The van der Waals surface area contributed by atoms with Crippen molar-refractivity contribution in [2.75, 3.05) is 20.3 Å². The summed E-state index contributed by atoms with van der Waals surface area (Å²) in [5.41, 5.74) is -2.36. The number of hydrogen-bond acceptors (Lipinski definition) is 7. The maximum Gasteiger partial charge on any atom is 0.320 e. The molecule has 28 heavy (non-hydrogen) atoms. The molecule has 0 amide bonds. The van der Waals surface area contributed by atoms with Gasteiger partial charge in [-0.15, -0.1) is 0 Å². The average Bonchev–Trinajstić information content (AvgIpc) is 3.16. The van der Waals surface area contributed by atoms with Crippen LogP contribution in [0.5, 0.6) is 0 Å². The van der Waals surface area contributed by atoms with Crippen molar-refractivity contribution in [3.63, 3.8) is 0 Å². The van der Waals surface area contributed by atoms with E-state index < -0.39 is 34.4 Å². The highest BCUT2D eigenvalue weighted by molar-refractivity contribution is 6.08. The Morgan fingerprint density at radius 2 is 1.89 bits per heavy atom. The lowest BCUT2D eigenvalue weighted by Gasteiger charge is -2.62. The van der Waals surface area contributed by atoms with Gasteiger partial charge in [0.1, 0.15) is 17.5 Å². The predicted octanol–water partition coefficient (Wildman–Crippen LogP) is 1.85. The van der Waals surface area contributed by atoms with Gasteiger partial charge in [-0.2, -0.15) is 0 Å². The molecule has 4 rings (SSSR count). The van der Waals surface area contributed by atoms with Crippen LogP contribution >= 0.6 is 0 Å². The summed E-state index contributed by atoms with van der Waals surface area (Å²) >= 11 is 0. The van der Waals surface area contributed by atoms with Gasteiger partial charge >= 0.3 is 5.97 Å². The third kappa shape index (κ3) is 2.29. The van der Waals surface area contributed by atoms with Crippen LogP contribution in [0.1, 0.15) is 51.9 Å². The summed E-state index contributed by atoms with van der Waals surface area (Å²) < 4.78 is 17.1. The second-order valence-corrected chi connectivity index (χ2v) is 8.84. The largest absolute Gasteiger partial charge is 0.468 e. The highest BCUT2D eigenvalue weighted by Gasteiger charge is 2.75. The van der Waals surface area contributed by atoms with E-state index in [2.05, 4.69) is 0 Å². The van der Waals surface area contributed by atoms with E-state index in [1.807, 2.05) is 6.92 Å². The maximum absolute atomic E-state index is 13.5. The molecular weight excluding hydrogens is 364 g/mol. The molecular formula is C21H28O7. The Balaban J connectivity index is 1.91. The van der Waals surface area contributed by atoms with Crippen molar-refractivity contribution in [2.24, 2.45) is 28.6 Å². The van der Waals surface area contributed by atoms with Crippen molar-refractivity contribution < 1.29 is 33.4 Å². The van der Waals surface area contributed by atoms with Crippen LogP contribution in [-0.2, 0) is 33.4 Å². The first-order chi connectivity index (χ1) is 13.4. The first-order valence-corrected chi connectivity index (χ1v) is 10.2. The lowest BCUT2D eigenvalue weighted by atomic mass is 9.40. The molecule has 5 atom stereocenters. The van der Waals surface area contributed by atoms with E-state index in [-0.39, 0.29) is 36.7 Å². The molecule has 154 valence electrons. The van der Waals surface area contributed by atoms with Crippen molar-refractivity contribution in [3.8, 4) is 0 Å². The number of aldehydes is 1. The van der Waals surface area contributed by atoms with Crippen LogP contribution in [0.15, 0.2) is 0 Å². The molecule has 7 heteroatoms. The first-order valence-electron chi connectivity index (χ1n) is 10.2. The standard InChI is InChI=1S/C21H28O7/c1-19-13(7-9-22)4-3-5-14(19)21(18(25)26-2)15(12-17(19)24)20(8-6-16(21)23)27-10-11-28-20/h9,13-15H,3-8,10-12H2,1-2H3/t13-,14+,15-,19-,21+/m1/s1. The fraction of sp³-hybridized carbons (Fsp3) is 0.810. The van der Waals surface area contributed by atoms with E-state index in [4.69, 9.17) is 14.2 Å². The van der Waals surface area contributed by atoms with Crippen LogP contribution in [-0.4, -0.2) is 49.9 Å². The fourth-order valence-electron chi connectivity index (χ4n) is 6.81. The van der Waals surface area contributed by atoms with Crippen LogP contribution < -0.4 is 0 Å². The zero-order valence-corrected chi connectivity index (χ0v) is 16.5. The highest BCUT2D eigenvalue weighted by atomic mass is 16.7. The number of carbonyl (C=O) groups excluding carboxylic acids is 4. The van der Waals surface area contributed by atoms with Gasteiger partial charge in [0.25, 0.3) is 0 Å². The Labute approximate surface area is 164 Å². The molecule has 0 N–H and O–H groups in total. The van der Waals surface area contributed by atoms with Crippen molar-refractivity contribution in [2.45, 2.75) is 57.7 Å². The summed E-state index contributed by atoms with van der Waals surface area (Å²) in [5.74, 6) is -3.21. The van der Waals surface area contributed by atoms with Crippen molar-refractivity contribution in [3.05, 3.63) is 0 Å². The van der Waals surface area contributed by atoms with E-state index in [0.717, 1.165) is 19.1 Å². The highest BCUT2D eigenvalue weighted by Crippen LogP contribution is 2.66. The molecule has 0 unspecified atom stereocenters. The number of methoxy groups -OCH3 is 1. The Morgan fingerprint density at radius 1 is 1.18 bits per heavy atom. The van der Waals surface area contributed by atoms with Crippen LogP contribution in [0.25, 0.3) is 0 Å². The molecule has 4 aliphatic rings. The molecule has 1 saturated heterocycles. The van der Waals surface area contributed by atoms with Crippen LogP contribution in [0.2, 0.25) is 0 Å². The number of fused-ring (bicyclic) bond motifs is 4. The average molecular weight is 392 g/mol. The van der Waals surface area contributed by atoms with E-state index in [1.165, 1.54) is 7.11 Å². The zero-order chi connectivity index (χ0) is 20.2. The summed E-state index contributed by atoms with van der Waals surface area (Å²) in [6, 6.07) is 0. The third-order valence-electron chi connectivity index (χ3n) is 8.08. The molecule has 0 radical (unpaired) electrons. The van der Waals surface area contributed by atoms with Crippen LogP contribution in [0, 0.1) is 28.6 Å². The van der Waals surface area contributed by atoms with Gasteiger partial charge in [0.15, 0.2) is 11.6 Å². The number of rotatable bonds is 3. The van der Waals surface area contributed by atoms with Gasteiger partial charge < -0.3 is 19.0 Å². The Morgan fingerprint density at radius 3 is 2.54 bits per heavy atom. The first kappa shape index (κ1) is 19.7. The lowest BCUT2D eigenvalue weighted by Crippen LogP contribution is -2.71. The maximum atomic E-state index is 13.5. The van der Waals surface area contributed by atoms with Gasteiger partial charge in [-0.25, -0.2) is 0 Å². The number of ketones is 2. The normalized spacial score (nSPS) is 42.0. The molecule has 1 spiro atoms. The molecule has 1 heterocycles. The van der Waals surface area contributed by atoms with Crippen molar-refractivity contribution in [1.82, 2.24) is 0 Å². The molecule has 3 saturated carbocycles. The Bertz CT molecular complexity index is 700. The number of esters is 1. The topological polar surface area (TPSA) is 96.0 Å². The van der Waals surface area contributed by atoms with Gasteiger partial charge in [-0.3, -0.25) is 14.4 Å². The molecule has 3 aliphatic carbocycles. The molecule has 7 nitrogen and oxygen atoms in total. The third-order valence-corrected chi connectivity index (χ3v) is 8.08. The van der Waals surface area contributed by atoms with E-state index in [9.17, 15) is 19.2 Å². The zero-order valence-electron chi connectivity index (χ0n) is 16.5. The number of hydrogen-bond donors (Lipinski definition) is 0. The summed E-state index contributed by atoms with van der Waals surface area (Å²) in [6.45, 7) is 2.61. The number of carbonyl (C=O) groups is 4. The molecule has 0 aromatic rings. The Kier molecular flexibility index (Phi) is 4.74. The lowest BCUT2D eigenvalue weighted by molar-refractivity contribution is -0.265. The number of Topliss-reactive ketones (excluding diaryl/α,β-unsaturated/α-hetero) is 2. The van der Waals surface area contributed by atoms with Gasteiger partial charge in [-0.05, 0) is 24.7 Å². The van der Waals surface area contributed by atoms with Crippen LogP contribution in [0.3, 0.4) is 0 Å². The van der Waals surface area contributed by atoms with Gasteiger partial charge in [0.2, 0.25) is 0 Å². The van der Waals surface area contributed by atoms with Gasteiger partial charge in [0.05, 0.1) is 20.3 Å². The van der Waals surface area contributed by atoms with E-state index in [1.54, 1.807) is 0 Å². The molecule has 0 aromatic heterocycles. The summed E-state index contributed by atoms with van der Waals surface area (Å²) in [4.78, 5) is 51.6. The van der Waals surface area contributed by atoms with Crippen LogP contribution in [0.4, 0.5) is 0 Å². The monoisotopic (exact) mass is 392 g/mol. The van der Waals surface area contributed by atoms with E-state index >= 15 is 0 Å². The minimum atomic E-state index is -1.46. The van der Waals surface area contributed by atoms with Crippen molar-refractivity contribution >= 4 is 23.8 Å². The minimum absolute atomic E-state index is 0.00162. The van der Waals surface area contributed by atoms with Gasteiger partial charge in [-0.1, -0.05) is 13.3 Å². The van der Waals surface area contributed by atoms with Crippen molar-refractivity contribution in [1.29, 1.82) is 0 Å². The molecule has 0 bridgehead atoms. The fourth-order valence-corrected chi connectivity index (χ4v) is 6.81. The molecule has 4 fully saturated rings. The summed E-state index contributed by atoms with van der Waals surface area (Å²) in [7, 11) is 1.29. The minimum Gasteiger partial charge on any atom is -0.468 e. The SMILES string of the molecule is COC(=O)[C@]12C(=O)CCC3(OCCO3)[C@H]1CC(=O)[C@]1(C)[C@@H](CC=O)CCC[C@@H]12. The van der Waals surface area contributed by atoms with E-state index in [0.29, 0.717) is 26.1 Å².